The van der Waals surface area contributed by atoms with Crippen molar-refractivity contribution in [1.82, 2.24) is 24.6 Å². The lowest BCUT2D eigenvalue weighted by Gasteiger charge is -2.41. The van der Waals surface area contributed by atoms with Crippen LogP contribution in [0.2, 0.25) is 0 Å². The monoisotopic (exact) mass is 391 g/mol. The van der Waals surface area contributed by atoms with Crippen LogP contribution in [-0.2, 0) is 13.6 Å². The number of H-pyrrole nitrogens is 1. The number of aryl methyl sites for hydroxylation is 1. The molecule has 1 N–H and O–H groups in total. The highest BCUT2D eigenvalue weighted by Crippen LogP contribution is 2.26. The van der Waals surface area contributed by atoms with Crippen molar-refractivity contribution in [2.45, 2.75) is 32.4 Å². The molecule has 0 spiro atoms. The molecule has 1 amide bonds. The highest BCUT2D eigenvalue weighted by atomic mass is 16.2. The third kappa shape index (κ3) is 4.27. The van der Waals surface area contributed by atoms with Crippen LogP contribution in [0.3, 0.4) is 0 Å². The fraction of sp³-hybridized carbons (Fsp3) is 0.391. The van der Waals surface area contributed by atoms with Gasteiger partial charge in [0.15, 0.2) is 0 Å². The van der Waals surface area contributed by atoms with Gasteiger partial charge in [-0.25, -0.2) is 0 Å². The van der Waals surface area contributed by atoms with E-state index in [1.807, 2.05) is 30.5 Å². The van der Waals surface area contributed by atoms with Gasteiger partial charge in [0.1, 0.15) is 0 Å². The summed E-state index contributed by atoms with van der Waals surface area (Å²) < 4.78 is 1.76. The summed E-state index contributed by atoms with van der Waals surface area (Å²) in [6, 6.07) is 11.0. The fourth-order valence-electron chi connectivity index (χ4n) is 4.22. The van der Waals surface area contributed by atoms with Crippen molar-refractivity contribution in [3.63, 3.8) is 0 Å². The maximum Gasteiger partial charge on any atom is 0.256 e. The van der Waals surface area contributed by atoms with Crippen molar-refractivity contribution in [1.29, 1.82) is 0 Å². The minimum absolute atomic E-state index is 0.102. The van der Waals surface area contributed by atoms with E-state index < -0.39 is 0 Å². The summed E-state index contributed by atoms with van der Waals surface area (Å²) in [6.45, 7) is 5.59. The Kier molecular flexibility index (Phi) is 5.81. The first-order valence-corrected chi connectivity index (χ1v) is 10.4. The minimum Gasteiger partial charge on any atom is -0.366 e. The zero-order valence-corrected chi connectivity index (χ0v) is 17.2. The molecular formula is C23H29N5O. The van der Waals surface area contributed by atoms with E-state index in [9.17, 15) is 4.79 Å². The Morgan fingerprint density at radius 2 is 2.03 bits per heavy atom. The minimum atomic E-state index is 0.102. The number of piperazine rings is 1. The molecule has 6 nitrogen and oxygen atoms in total. The number of hydrogen-bond acceptors (Lipinski definition) is 3. The molecule has 1 aromatic carbocycles. The summed E-state index contributed by atoms with van der Waals surface area (Å²) in [6.07, 6.45) is 9.66. The first-order valence-electron chi connectivity index (χ1n) is 10.4. The van der Waals surface area contributed by atoms with Crippen LogP contribution < -0.4 is 0 Å². The standard InChI is InChI=1S/C23H29N5O/c1-3-7-20-17-28(11-10-27(20)15-18-8-5-4-6-9-18)23(29)22-14-24-13-21(22)19-12-25-26(2)16-19/h4-6,8-9,12-14,16,20,24H,3,7,10-11,15,17H2,1-2H3. The van der Waals surface area contributed by atoms with Crippen LogP contribution in [-0.4, -0.2) is 56.1 Å². The predicted octanol–water partition coefficient (Wildman–Crippen LogP) is 3.54. The number of nitrogens with zero attached hydrogens (tertiary/aromatic N) is 4. The summed E-state index contributed by atoms with van der Waals surface area (Å²) >= 11 is 0. The summed E-state index contributed by atoms with van der Waals surface area (Å²) in [7, 11) is 1.89. The summed E-state index contributed by atoms with van der Waals surface area (Å²) in [5.74, 6) is 0.102. The topological polar surface area (TPSA) is 57.2 Å². The van der Waals surface area contributed by atoms with E-state index in [0.717, 1.165) is 55.7 Å². The van der Waals surface area contributed by atoms with Gasteiger partial charge < -0.3 is 9.88 Å². The maximum absolute atomic E-state index is 13.3. The van der Waals surface area contributed by atoms with E-state index in [0.29, 0.717) is 6.04 Å². The molecule has 3 aromatic rings. The van der Waals surface area contributed by atoms with E-state index in [4.69, 9.17) is 0 Å². The molecule has 0 aliphatic carbocycles. The summed E-state index contributed by atoms with van der Waals surface area (Å²) in [5.41, 5.74) is 3.94. The molecule has 1 fully saturated rings. The zero-order chi connectivity index (χ0) is 20.2. The summed E-state index contributed by atoms with van der Waals surface area (Å²) in [4.78, 5) is 21.0. The van der Waals surface area contributed by atoms with Gasteiger partial charge >= 0.3 is 0 Å². The number of aromatic nitrogens is 3. The largest absolute Gasteiger partial charge is 0.366 e. The van der Waals surface area contributed by atoms with Crippen LogP contribution in [0.1, 0.15) is 35.7 Å². The van der Waals surface area contributed by atoms with Crippen LogP contribution in [0.4, 0.5) is 0 Å². The second kappa shape index (κ2) is 8.66. The molecule has 1 atom stereocenters. The van der Waals surface area contributed by atoms with Crippen molar-refractivity contribution in [3.05, 3.63) is 66.2 Å². The number of aromatic amines is 1. The van der Waals surface area contributed by atoms with Gasteiger partial charge in [0.2, 0.25) is 0 Å². The Labute approximate surface area is 172 Å². The summed E-state index contributed by atoms with van der Waals surface area (Å²) in [5, 5.41) is 4.24. The van der Waals surface area contributed by atoms with Gasteiger partial charge in [-0.1, -0.05) is 43.7 Å². The average Bonchev–Trinajstić information content (AvgIpc) is 3.38. The quantitative estimate of drug-likeness (QED) is 0.699. The number of nitrogens with one attached hydrogen (secondary N) is 1. The molecule has 29 heavy (non-hydrogen) atoms. The van der Waals surface area contributed by atoms with E-state index in [2.05, 4.69) is 52.2 Å². The third-order valence-corrected chi connectivity index (χ3v) is 5.73. The molecule has 6 heteroatoms. The number of rotatable bonds is 6. The lowest BCUT2D eigenvalue weighted by Crippen LogP contribution is -2.54. The van der Waals surface area contributed by atoms with Crippen LogP contribution in [0.15, 0.2) is 55.1 Å². The molecule has 1 saturated heterocycles. The molecular weight excluding hydrogens is 362 g/mol. The Balaban J connectivity index is 1.49. The molecule has 1 aliphatic rings. The molecule has 3 heterocycles. The van der Waals surface area contributed by atoms with Crippen molar-refractivity contribution in [2.75, 3.05) is 19.6 Å². The van der Waals surface area contributed by atoms with Gasteiger partial charge in [0.05, 0.1) is 11.8 Å². The molecule has 4 rings (SSSR count). The number of carbonyl (C=O) groups excluding carboxylic acids is 1. The predicted molar refractivity (Wildman–Crippen MR) is 114 cm³/mol. The number of amides is 1. The SMILES string of the molecule is CCCC1CN(C(=O)c2c[nH]cc2-c2cnn(C)c2)CCN1Cc1ccccc1. The smallest absolute Gasteiger partial charge is 0.256 e. The number of hydrogen-bond donors (Lipinski definition) is 1. The molecule has 0 bridgehead atoms. The highest BCUT2D eigenvalue weighted by molar-refractivity contribution is 6.00. The Morgan fingerprint density at radius 1 is 1.21 bits per heavy atom. The third-order valence-electron chi connectivity index (χ3n) is 5.73. The van der Waals surface area contributed by atoms with Crippen molar-refractivity contribution in [2.24, 2.45) is 7.05 Å². The van der Waals surface area contributed by atoms with Gasteiger partial charge in [-0.2, -0.15) is 5.10 Å². The van der Waals surface area contributed by atoms with Crippen molar-refractivity contribution in [3.8, 4) is 11.1 Å². The van der Waals surface area contributed by atoms with E-state index in [-0.39, 0.29) is 5.91 Å². The van der Waals surface area contributed by atoms with Gasteiger partial charge in [-0.15, -0.1) is 0 Å². The fourth-order valence-corrected chi connectivity index (χ4v) is 4.22. The second-order valence-corrected chi connectivity index (χ2v) is 7.84. The Bertz CT molecular complexity index is 945. The maximum atomic E-state index is 13.3. The number of benzene rings is 1. The number of carbonyl (C=O) groups is 1. The lowest BCUT2D eigenvalue weighted by atomic mass is 10.0. The zero-order valence-electron chi connectivity index (χ0n) is 17.2. The van der Waals surface area contributed by atoms with Crippen LogP contribution in [0.5, 0.6) is 0 Å². The van der Waals surface area contributed by atoms with E-state index >= 15 is 0 Å². The van der Waals surface area contributed by atoms with Crippen LogP contribution >= 0.6 is 0 Å². The molecule has 1 unspecified atom stereocenters. The molecule has 1 aliphatic heterocycles. The van der Waals surface area contributed by atoms with Gasteiger partial charge in [0.25, 0.3) is 5.91 Å². The molecule has 152 valence electrons. The normalized spacial score (nSPS) is 17.6. The second-order valence-electron chi connectivity index (χ2n) is 7.84. The van der Waals surface area contributed by atoms with Gasteiger partial charge in [-0.3, -0.25) is 14.4 Å². The van der Waals surface area contributed by atoms with Crippen molar-refractivity contribution >= 4 is 5.91 Å². The Morgan fingerprint density at radius 3 is 2.76 bits per heavy atom. The first-order chi connectivity index (χ1) is 14.2. The van der Waals surface area contributed by atoms with E-state index in [1.165, 1.54) is 5.56 Å². The highest BCUT2D eigenvalue weighted by Gasteiger charge is 2.30. The lowest BCUT2D eigenvalue weighted by molar-refractivity contribution is 0.0439. The first kappa shape index (κ1) is 19.5. The molecule has 0 radical (unpaired) electrons. The van der Waals surface area contributed by atoms with Crippen LogP contribution in [0.25, 0.3) is 11.1 Å². The van der Waals surface area contributed by atoms with Crippen LogP contribution in [0, 0.1) is 0 Å². The van der Waals surface area contributed by atoms with E-state index in [1.54, 1.807) is 10.9 Å². The van der Waals surface area contributed by atoms with Gasteiger partial charge in [0, 0.05) is 69.0 Å². The van der Waals surface area contributed by atoms with Crippen molar-refractivity contribution < 1.29 is 4.79 Å². The molecule has 0 saturated carbocycles. The molecule has 2 aromatic heterocycles. The average molecular weight is 392 g/mol. The Hall–Kier alpha value is -2.86. The van der Waals surface area contributed by atoms with Gasteiger partial charge in [-0.05, 0) is 12.0 Å².